The number of rotatable bonds is 1. The highest BCUT2D eigenvalue weighted by Crippen LogP contribution is 2.39. The van der Waals surface area contributed by atoms with E-state index in [1.165, 1.54) is 16.7 Å². The fourth-order valence-electron chi connectivity index (χ4n) is 4.67. The molecule has 140 valence electrons. The average Bonchev–Trinajstić information content (AvgIpc) is 3.14. The summed E-state index contributed by atoms with van der Waals surface area (Å²) in [7, 11) is 2.19. The Morgan fingerprint density at radius 2 is 1.70 bits per heavy atom. The van der Waals surface area contributed by atoms with Crippen LogP contribution < -0.4 is 0 Å². The minimum absolute atomic E-state index is 0.0833. The highest BCUT2D eigenvalue weighted by atomic mass is 16.5. The van der Waals surface area contributed by atoms with E-state index in [-0.39, 0.29) is 11.6 Å². The Bertz CT molecular complexity index is 840. The molecule has 3 heterocycles. The van der Waals surface area contributed by atoms with Gasteiger partial charge in [0.2, 0.25) is 0 Å². The van der Waals surface area contributed by atoms with Crippen molar-refractivity contribution in [1.82, 2.24) is 9.80 Å². The Balaban J connectivity index is 1.47. The van der Waals surface area contributed by atoms with E-state index in [1.807, 2.05) is 0 Å². The van der Waals surface area contributed by atoms with Gasteiger partial charge in [0.1, 0.15) is 5.60 Å². The number of hydrogen-bond acceptors (Lipinski definition) is 4. The highest BCUT2D eigenvalue weighted by Gasteiger charge is 2.43. The molecular formula is C23H27N3O. The lowest BCUT2D eigenvalue weighted by molar-refractivity contribution is 0.00782. The predicted octanol–water partition coefficient (Wildman–Crippen LogP) is 3.48. The maximum atomic E-state index is 6.59. The average molecular weight is 361 g/mol. The van der Waals surface area contributed by atoms with Crippen molar-refractivity contribution in [2.24, 2.45) is 4.99 Å². The summed E-state index contributed by atoms with van der Waals surface area (Å²) in [5.74, 6) is 0. The van der Waals surface area contributed by atoms with Gasteiger partial charge in [0, 0.05) is 32.5 Å². The van der Waals surface area contributed by atoms with Gasteiger partial charge in [-0.05, 0) is 30.2 Å². The first-order valence-electron chi connectivity index (χ1n) is 10.1. The molecule has 5 rings (SSSR count). The lowest BCUT2D eigenvalue weighted by Gasteiger charge is -2.41. The first-order valence-corrected chi connectivity index (χ1v) is 10.1. The maximum Gasteiger partial charge on any atom is 0.288 e. The number of benzene rings is 2. The Morgan fingerprint density at radius 1 is 0.963 bits per heavy atom. The molecule has 0 bridgehead atoms. The first kappa shape index (κ1) is 16.8. The molecule has 0 aromatic heterocycles. The largest absolute Gasteiger partial charge is 0.456 e. The van der Waals surface area contributed by atoms with Gasteiger partial charge >= 0.3 is 0 Å². The molecule has 0 radical (unpaired) electrons. The number of fused-ring (bicyclic) bond motifs is 1. The minimum atomic E-state index is -0.0833. The lowest BCUT2D eigenvalue weighted by Crippen LogP contribution is -2.48. The third-order valence-electron chi connectivity index (χ3n) is 6.35. The zero-order valence-electron chi connectivity index (χ0n) is 16.0. The van der Waals surface area contributed by atoms with Crippen molar-refractivity contribution in [3.05, 3.63) is 71.3 Å². The molecule has 1 saturated heterocycles. The summed E-state index contributed by atoms with van der Waals surface area (Å²) >= 11 is 0. The molecule has 27 heavy (non-hydrogen) atoms. The SMILES string of the molecule is CN1CCC2(CC1)CN=C(N1CCc3ccccc3[C@@H]1c1ccccc1)O2. The Labute approximate surface area is 161 Å². The molecule has 0 amide bonds. The second-order valence-electron chi connectivity index (χ2n) is 8.14. The number of ether oxygens (including phenoxy) is 1. The number of nitrogens with zero attached hydrogens (tertiary/aromatic N) is 3. The maximum absolute atomic E-state index is 6.59. The highest BCUT2D eigenvalue weighted by molar-refractivity contribution is 5.78. The lowest BCUT2D eigenvalue weighted by atomic mass is 9.88. The van der Waals surface area contributed by atoms with Crippen molar-refractivity contribution in [2.45, 2.75) is 30.9 Å². The second kappa shape index (κ2) is 6.68. The summed E-state index contributed by atoms with van der Waals surface area (Å²) in [5.41, 5.74) is 4.04. The van der Waals surface area contributed by atoms with E-state index in [4.69, 9.17) is 9.73 Å². The van der Waals surface area contributed by atoms with Crippen molar-refractivity contribution >= 4 is 6.02 Å². The van der Waals surface area contributed by atoms with Gasteiger partial charge in [0.25, 0.3) is 6.02 Å². The first-order chi connectivity index (χ1) is 13.2. The molecule has 4 nitrogen and oxygen atoms in total. The van der Waals surface area contributed by atoms with Crippen LogP contribution in [-0.2, 0) is 11.2 Å². The fraction of sp³-hybridized carbons (Fsp3) is 0.435. The minimum Gasteiger partial charge on any atom is -0.456 e. The Morgan fingerprint density at radius 3 is 2.52 bits per heavy atom. The van der Waals surface area contributed by atoms with Gasteiger partial charge in [-0.2, -0.15) is 0 Å². The Hall–Kier alpha value is -2.33. The van der Waals surface area contributed by atoms with E-state index in [2.05, 4.69) is 71.4 Å². The summed E-state index contributed by atoms with van der Waals surface area (Å²) in [4.78, 5) is 9.69. The van der Waals surface area contributed by atoms with E-state index in [0.29, 0.717) is 0 Å². The predicted molar refractivity (Wildman–Crippen MR) is 108 cm³/mol. The number of aliphatic imine (C=N–C) groups is 1. The van der Waals surface area contributed by atoms with Gasteiger partial charge in [-0.1, -0.05) is 54.6 Å². The van der Waals surface area contributed by atoms with E-state index < -0.39 is 0 Å². The number of piperidine rings is 1. The van der Waals surface area contributed by atoms with E-state index in [0.717, 1.165) is 51.5 Å². The van der Waals surface area contributed by atoms with Crippen LogP contribution in [0.1, 0.15) is 35.6 Å². The standard InChI is InChI=1S/C23H27N3O/c1-25-15-12-23(13-16-25)17-24-22(27-23)26-14-11-18-7-5-6-10-20(18)21(26)19-8-3-2-4-9-19/h2-10,21H,11-17H2,1H3/t21-/m0/s1. The van der Waals surface area contributed by atoms with Crippen LogP contribution in [0.5, 0.6) is 0 Å². The van der Waals surface area contributed by atoms with E-state index in [1.54, 1.807) is 0 Å². The summed E-state index contributed by atoms with van der Waals surface area (Å²) < 4.78 is 6.59. The van der Waals surface area contributed by atoms with E-state index >= 15 is 0 Å². The van der Waals surface area contributed by atoms with Crippen LogP contribution in [0.25, 0.3) is 0 Å². The number of amidine groups is 1. The quantitative estimate of drug-likeness (QED) is 0.778. The summed E-state index contributed by atoms with van der Waals surface area (Å²) in [6.07, 6.45) is 3.17. The Kier molecular flexibility index (Phi) is 4.16. The van der Waals surface area contributed by atoms with Gasteiger partial charge in [0.05, 0.1) is 12.6 Å². The van der Waals surface area contributed by atoms with Gasteiger partial charge in [-0.25, -0.2) is 4.99 Å². The van der Waals surface area contributed by atoms with Crippen LogP contribution >= 0.6 is 0 Å². The normalized spacial score (nSPS) is 24.4. The molecule has 1 spiro atoms. The zero-order chi connectivity index (χ0) is 18.3. The molecule has 2 aromatic carbocycles. The zero-order valence-corrected chi connectivity index (χ0v) is 16.0. The summed E-state index contributed by atoms with van der Waals surface area (Å²) in [6.45, 7) is 3.93. The van der Waals surface area contributed by atoms with Crippen molar-refractivity contribution in [1.29, 1.82) is 0 Å². The molecule has 0 saturated carbocycles. The van der Waals surface area contributed by atoms with Crippen molar-refractivity contribution < 1.29 is 4.74 Å². The summed E-state index contributed by atoms with van der Waals surface area (Å²) in [5, 5.41) is 0. The van der Waals surface area contributed by atoms with Crippen molar-refractivity contribution in [3.8, 4) is 0 Å². The van der Waals surface area contributed by atoms with E-state index in [9.17, 15) is 0 Å². The van der Waals surface area contributed by atoms with Crippen LogP contribution in [0.15, 0.2) is 59.6 Å². The van der Waals surface area contributed by atoms with Gasteiger partial charge in [0.15, 0.2) is 0 Å². The van der Waals surface area contributed by atoms with Crippen LogP contribution in [0.3, 0.4) is 0 Å². The molecule has 1 atom stereocenters. The van der Waals surface area contributed by atoms with Gasteiger partial charge in [-0.3, -0.25) is 0 Å². The summed E-state index contributed by atoms with van der Waals surface area (Å²) in [6, 6.07) is 20.6. The monoisotopic (exact) mass is 361 g/mol. The van der Waals surface area contributed by atoms with Gasteiger partial charge in [-0.15, -0.1) is 0 Å². The second-order valence-corrected chi connectivity index (χ2v) is 8.14. The molecule has 0 aliphatic carbocycles. The molecule has 3 aliphatic heterocycles. The molecule has 1 fully saturated rings. The van der Waals surface area contributed by atoms with Crippen LogP contribution in [-0.4, -0.2) is 54.6 Å². The topological polar surface area (TPSA) is 28.1 Å². The molecular weight excluding hydrogens is 334 g/mol. The molecule has 0 unspecified atom stereocenters. The van der Waals surface area contributed by atoms with Crippen molar-refractivity contribution in [3.63, 3.8) is 0 Å². The number of likely N-dealkylation sites (tertiary alicyclic amines) is 1. The third kappa shape index (κ3) is 3.02. The van der Waals surface area contributed by atoms with Crippen LogP contribution in [0.4, 0.5) is 0 Å². The van der Waals surface area contributed by atoms with Gasteiger partial charge < -0.3 is 14.5 Å². The number of hydrogen-bond donors (Lipinski definition) is 0. The van der Waals surface area contributed by atoms with Crippen LogP contribution in [0, 0.1) is 0 Å². The smallest absolute Gasteiger partial charge is 0.288 e. The van der Waals surface area contributed by atoms with Crippen molar-refractivity contribution in [2.75, 3.05) is 33.2 Å². The molecule has 3 aliphatic rings. The van der Waals surface area contributed by atoms with Crippen LogP contribution in [0.2, 0.25) is 0 Å². The third-order valence-corrected chi connectivity index (χ3v) is 6.35. The molecule has 2 aromatic rings. The fourth-order valence-corrected chi connectivity index (χ4v) is 4.67. The molecule has 0 N–H and O–H groups in total. The molecule has 4 heteroatoms.